The number of H-pyrrole nitrogens is 1. The van der Waals surface area contributed by atoms with Gasteiger partial charge in [-0.1, -0.05) is 12.1 Å². The molecule has 0 aliphatic rings. The quantitative estimate of drug-likeness (QED) is 0.758. The Morgan fingerprint density at radius 1 is 1.47 bits per heavy atom. The standard InChI is InChI=1S/C11H11BrN2O2S/c12-7-3-1-2-4-8(7)13-5-9(15)10-6-14-11(17)16-10/h1-4,6,9,13,15H,5H2,(H,14,17). The lowest BCUT2D eigenvalue weighted by atomic mass is 10.2. The third-order valence-electron chi connectivity index (χ3n) is 2.23. The van der Waals surface area contributed by atoms with Crippen LogP contribution in [0.4, 0.5) is 5.69 Å². The molecule has 0 amide bonds. The number of aromatic nitrogens is 1. The summed E-state index contributed by atoms with van der Waals surface area (Å²) in [4.78, 5) is 2.97. The van der Waals surface area contributed by atoms with Gasteiger partial charge < -0.3 is 19.8 Å². The van der Waals surface area contributed by atoms with E-state index in [9.17, 15) is 5.11 Å². The van der Waals surface area contributed by atoms with E-state index in [1.54, 1.807) is 6.20 Å². The van der Waals surface area contributed by atoms with Crippen LogP contribution in [0.2, 0.25) is 0 Å². The van der Waals surface area contributed by atoms with Crippen LogP contribution in [0.15, 0.2) is 39.4 Å². The molecule has 4 nitrogen and oxygen atoms in total. The molecule has 0 bridgehead atoms. The van der Waals surface area contributed by atoms with E-state index < -0.39 is 6.10 Å². The molecule has 0 fully saturated rings. The molecule has 0 aliphatic heterocycles. The molecule has 3 N–H and O–H groups in total. The summed E-state index contributed by atoms with van der Waals surface area (Å²) in [5.41, 5.74) is 0.917. The Labute approximate surface area is 112 Å². The van der Waals surface area contributed by atoms with Crippen molar-refractivity contribution in [2.24, 2.45) is 0 Å². The maximum absolute atomic E-state index is 9.85. The zero-order valence-electron chi connectivity index (χ0n) is 8.81. The van der Waals surface area contributed by atoms with E-state index in [1.807, 2.05) is 24.3 Å². The molecule has 6 heteroatoms. The molecule has 0 spiro atoms. The molecule has 1 atom stereocenters. The molecular weight excluding hydrogens is 304 g/mol. The van der Waals surface area contributed by atoms with E-state index in [0.29, 0.717) is 12.3 Å². The van der Waals surface area contributed by atoms with Gasteiger partial charge in [0.25, 0.3) is 4.84 Å². The van der Waals surface area contributed by atoms with Gasteiger partial charge in [-0.15, -0.1) is 0 Å². The van der Waals surface area contributed by atoms with Gasteiger partial charge in [-0.25, -0.2) is 0 Å². The summed E-state index contributed by atoms with van der Waals surface area (Å²) in [6.45, 7) is 0.346. The molecule has 17 heavy (non-hydrogen) atoms. The zero-order valence-corrected chi connectivity index (χ0v) is 11.2. The third-order valence-corrected chi connectivity index (χ3v) is 3.12. The van der Waals surface area contributed by atoms with E-state index >= 15 is 0 Å². The van der Waals surface area contributed by atoms with Crippen LogP contribution in [0, 0.1) is 4.84 Å². The van der Waals surface area contributed by atoms with E-state index in [1.165, 1.54) is 0 Å². The topological polar surface area (TPSA) is 61.2 Å². The van der Waals surface area contributed by atoms with Gasteiger partial charge >= 0.3 is 0 Å². The van der Waals surface area contributed by atoms with Gasteiger partial charge in [0, 0.05) is 22.9 Å². The van der Waals surface area contributed by atoms with Crippen LogP contribution >= 0.6 is 28.1 Å². The molecule has 0 aliphatic carbocycles. The normalized spacial score (nSPS) is 12.4. The van der Waals surface area contributed by atoms with Gasteiger partial charge in [-0.3, -0.25) is 0 Å². The summed E-state index contributed by atoms with van der Waals surface area (Å²) in [7, 11) is 0. The molecule has 0 radical (unpaired) electrons. The number of aliphatic hydroxyl groups excluding tert-OH is 1. The van der Waals surface area contributed by atoms with Crippen LogP contribution < -0.4 is 5.32 Å². The summed E-state index contributed by atoms with van der Waals surface area (Å²) < 4.78 is 6.07. The van der Waals surface area contributed by atoms with Gasteiger partial charge in [0.05, 0.1) is 0 Å². The largest absolute Gasteiger partial charge is 0.432 e. The first-order valence-corrected chi connectivity index (χ1v) is 6.22. The Morgan fingerprint density at radius 3 is 2.88 bits per heavy atom. The highest BCUT2D eigenvalue weighted by Crippen LogP contribution is 2.22. The summed E-state index contributed by atoms with van der Waals surface area (Å²) in [5.74, 6) is 0.426. The Bertz CT molecular complexity index is 552. The van der Waals surface area contributed by atoms with Gasteiger partial charge in [0.15, 0.2) is 5.76 Å². The van der Waals surface area contributed by atoms with Crippen molar-refractivity contribution in [2.75, 3.05) is 11.9 Å². The molecule has 1 heterocycles. The average molecular weight is 315 g/mol. The second kappa shape index (κ2) is 5.48. The fraction of sp³-hybridized carbons (Fsp3) is 0.182. The van der Waals surface area contributed by atoms with Crippen LogP contribution in [0.1, 0.15) is 11.9 Å². The summed E-state index contributed by atoms with van der Waals surface area (Å²) in [6.07, 6.45) is 0.824. The number of benzene rings is 1. The van der Waals surface area contributed by atoms with Gasteiger partial charge in [0.2, 0.25) is 0 Å². The number of nitrogens with one attached hydrogen (secondary N) is 2. The van der Waals surface area contributed by atoms with E-state index in [0.717, 1.165) is 10.2 Å². The molecular formula is C11H11BrN2O2S. The number of hydrogen-bond donors (Lipinski definition) is 3. The van der Waals surface area contributed by atoms with Gasteiger partial charge in [-0.05, 0) is 40.3 Å². The fourth-order valence-corrected chi connectivity index (χ4v) is 1.95. The van der Waals surface area contributed by atoms with Crippen molar-refractivity contribution in [3.05, 3.63) is 45.5 Å². The van der Waals surface area contributed by atoms with E-state index in [-0.39, 0.29) is 4.84 Å². The van der Waals surface area contributed by atoms with E-state index in [2.05, 4.69) is 26.2 Å². The summed E-state index contributed by atoms with van der Waals surface area (Å²) in [6, 6.07) is 7.69. The lowest BCUT2D eigenvalue weighted by molar-refractivity contribution is 0.161. The highest BCUT2D eigenvalue weighted by atomic mass is 79.9. The minimum atomic E-state index is -0.741. The molecule has 1 aromatic carbocycles. The third kappa shape index (κ3) is 3.18. The molecule has 0 saturated heterocycles. The smallest absolute Gasteiger partial charge is 0.266 e. The lowest BCUT2D eigenvalue weighted by Gasteiger charge is -2.11. The Kier molecular flexibility index (Phi) is 3.98. The van der Waals surface area contributed by atoms with E-state index in [4.69, 9.17) is 16.6 Å². The second-order valence-electron chi connectivity index (χ2n) is 3.46. The van der Waals surface area contributed by atoms with Crippen molar-refractivity contribution in [1.29, 1.82) is 0 Å². The number of para-hydroxylation sites is 1. The summed E-state index contributed by atoms with van der Waals surface area (Å²) >= 11 is 8.21. The van der Waals surface area contributed by atoms with Crippen molar-refractivity contribution in [2.45, 2.75) is 6.10 Å². The van der Waals surface area contributed by atoms with Crippen LogP contribution in [-0.4, -0.2) is 16.6 Å². The van der Waals surface area contributed by atoms with Crippen LogP contribution in [-0.2, 0) is 0 Å². The Balaban J connectivity index is 1.99. The molecule has 1 aromatic heterocycles. The number of oxazole rings is 1. The first kappa shape index (κ1) is 12.3. The molecule has 1 unspecified atom stereocenters. The first-order chi connectivity index (χ1) is 8.16. The summed E-state index contributed by atoms with van der Waals surface area (Å²) in [5, 5.41) is 13.0. The number of halogens is 1. The van der Waals surface area contributed by atoms with Crippen LogP contribution in [0.5, 0.6) is 0 Å². The first-order valence-electron chi connectivity index (χ1n) is 5.01. The van der Waals surface area contributed by atoms with Crippen molar-refractivity contribution in [3.8, 4) is 0 Å². The average Bonchev–Trinajstić information content (AvgIpc) is 2.74. The SMILES string of the molecule is OC(CNc1ccccc1Br)c1c[nH]c(=S)o1. The Morgan fingerprint density at radius 2 is 2.24 bits per heavy atom. The highest BCUT2D eigenvalue weighted by molar-refractivity contribution is 9.10. The van der Waals surface area contributed by atoms with Crippen molar-refractivity contribution in [3.63, 3.8) is 0 Å². The maximum Gasteiger partial charge on any atom is 0.266 e. The molecule has 0 saturated carbocycles. The molecule has 90 valence electrons. The molecule has 2 rings (SSSR count). The lowest BCUT2D eigenvalue weighted by Crippen LogP contribution is -2.11. The number of aromatic amines is 1. The van der Waals surface area contributed by atoms with Gasteiger partial charge in [-0.2, -0.15) is 0 Å². The number of anilines is 1. The molecule has 2 aromatic rings. The predicted octanol–water partition coefficient (Wildman–Crippen LogP) is 3.25. The maximum atomic E-state index is 9.85. The van der Waals surface area contributed by atoms with Crippen molar-refractivity contribution in [1.82, 2.24) is 4.98 Å². The predicted molar refractivity (Wildman–Crippen MR) is 71.5 cm³/mol. The fourth-order valence-electron chi connectivity index (χ4n) is 1.37. The minimum absolute atomic E-state index is 0.264. The Hall–Kier alpha value is -1.11. The van der Waals surface area contributed by atoms with Crippen LogP contribution in [0.25, 0.3) is 0 Å². The number of rotatable bonds is 4. The van der Waals surface area contributed by atoms with Crippen molar-refractivity contribution >= 4 is 33.8 Å². The van der Waals surface area contributed by atoms with Crippen LogP contribution in [0.3, 0.4) is 0 Å². The van der Waals surface area contributed by atoms with Gasteiger partial charge in [0.1, 0.15) is 6.10 Å². The van der Waals surface area contributed by atoms with Crippen molar-refractivity contribution < 1.29 is 9.52 Å². The second-order valence-corrected chi connectivity index (χ2v) is 4.68. The minimum Gasteiger partial charge on any atom is -0.432 e. The zero-order chi connectivity index (χ0) is 12.3. The number of hydrogen-bond acceptors (Lipinski definition) is 4. The highest BCUT2D eigenvalue weighted by Gasteiger charge is 2.11. The monoisotopic (exact) mass is 314 g/mol. The number of aliphatic hydroxyl groups is 1.